The van der Waals surface area contributed by atoms with Crippen LogP contribution in [0, 0.1) is 0 Å². The van der Waals surface area contributed by atoms with E-state index >= 15 is 0 Å². The zero-order chi connectivity index (χ0) is 17.4. The van der Waals surface area contributed by atoms with Gasteiger partial charge in [-0.1, -0.05) is 54.1 Å². The highest BCUT2D eigenvalue weighted by atomic mass is 35.5. The minimum Gasteiger partial charge on any atom is -0.477 e. The Bertz CT molecular complexity index is 982. The average Bonchev–Trinajstić information content (AvgIpc) is 3.05. The van der Waals surface area contributed by atoms with E-state index in [1.165, 1.54) is 0 Å². The maximum absolute atomic E-state index is 11.5. The Kier molecular flexibility index (Phi) is 3.74. The van der Waals surface area contributed by atoms with Crippen LogP contribution in [0.25, 0.3) is 11.4 Å². The third-order valence-corrected chi connectivity index (χ3v) is 4.15. The van der Waals surface area contributed by atoms with Crippen LogP contribution in [-0.4, -0.2) is 25.8 Å². The zero-order valence-electron chi connectivity index (χ0n) is 12.9. The Labute approximate surface area is 148 Å². The number of fused-ring (bicyclic) bond motifs is 1. The fourth-order valence-electron chi connectivity index (χ4n) is 2.76. The standard InChI is InChI=1S/C18H13ClN4O2/c19-13-8-4-7-12(9-13)15-10-14(17(24)25)20-18-21-16(22-23(15)18)11-5-2-1-3-6-11/h1-10,15H,(H,24,25)(H,20,21,22). The maximum Gasteiger partial charge on any atom is 0.352 e. The van der Waals surface area contributed by atoms with E-state index in [9.17, 15) is 9.90 Å². The molecule has 0 bridgehead atoms. The van der Waals surface area contributed by atoms with Gasteiger partial charge in [0.2, 0.25) is 5.95 Å². The Morgan fingerprint density at radius 2 is 1.96 bits per heavy atom. The molecule has 6 nitrogen and oxygen atoms in total. The molecule has 4 rings (SSSR count). The number of halogens is 1. The molecule has 0 spiro atoms. The predicted octanol–water partition coefficient (Wildman–Crippen LogP) is 3.58. The van der Waals surface area contributed by atoms with Gasteiger partial charge in [0.25, 0.3) is 0 Å². The number of nitrogens with one attached hydrogen (secondary N) is 1. The summed E-state index contributed by atoms with van der Waals surface area (Å²) < 4.78 is 1.67. The molecule has 2 aromatic carbocycles. The van der Waals surface area contributed by atoms with Crippen molar-refractivity contribution >= 4 is 23.5 Å². The van der Waals surface area contributed by atoms with Crippen molar-refractivity contribution in [3.05, 3.63) is 77.0 Å². The van der Waals surface area contributed by atoms with E-state index in [1.807, 2.05) is 42.5 Å². The van der Waals surface area contributed by atoms with Crippen molar-refractivity contribution in [2.45, 2.75) is 6.04 Å². The van der Waals surface area contributed by atoms with E-state index in [-0.39, 0.29) is 5.70 Å². The number of carbonyl (C=O) groups is 1. The number of hydrogen-bond donors (Lipinski definition) is 2. The largest absolute Gasteiger partial charge is 0.477 e. The number of hydrogen-bond acceptors (Lipinski definition) is 4. The van der Waals surface area contributed by atoms with Crippen LogP contribution >= 0.6 is 11.6 Å². The Morgan fingerprint density at radius 1 is 1.16 bits per heavy atom. The first-order valence-electron chi connectivity index (χ1n) is 7.61. The lowest BCUT2D eigenvalue weighted by Gasteiger charge is -2.22. The van der Waals surface area contributed by atoms with Crippen molar-refractivity contribution in [2.75, 3.05) is 5.32 Å². The smallest absolute Gasteiger partial charge is 0.352 e. The Hall–Kier alpha value is -3.12. The van der Waals surface area contributed by atoms with E-state index in [4.69, 9.17) is 11.6 Å². The van der Waals surface area contributed by atoms with Gasteiger partial charge in [-0.3, -0.25) is 0 Å². The van der Waals surface area contributed by atoms with Crippen LogP contribution in [0.1, 0.15) is 11.6 Å². The monoisotopic (exact) mass is 352 g/mol. The molecule has 124 valence electrons. The molecule has 1 aliphatic heterocycles. The normalized spacial score (nSPS) is 15.9. The molecule has 1 aliphatic rings. The molecule has 0 fully saturated rings. The molecular weight excluding hydrogens is 340 g/mol. The number of aromatic nitrogens is 3. The molecule has 2 N–H and O–H groups in total. The number of anilines is 1. The SMILES string of the molecule is O=C(O)C1=CC(c2cccc(Cl)c2)n2nc(-c3ccccc3)nc2N1. The number of allylic oxidation sites excluding steroid dienone is 1. The molecule has 1 unspecified atom stereocenters. The summed E-state index contributed by atoms with van der Waals surface area (Å²) in [7, 11) is 0. The van der Waals surface area contributed by atoms with Gasteiger partial charge < -0.3 is 10.4 Å². The summed E-state index contributed by atoms with van der Waals surface area (Å²) in [4.78, 5) is 15.9. The first-order chi connectivity index (χ1) is 12.1. The van der Waals surface area contributed by atoms with E-state index in [0.29, 0.717) is 16.8 Å². The number of benzene rings is 2. The molecule has 1 aromatic heterocycles. The number of aliphatic carboxylic acids is 1. The van der Waals surface area contributed by atoms with Crippen LogP contribution in [0.5, 0.6) is 0 Å². The van der Waals surface area contributed by atoms with Crippen molar-refractivity contribution in [3.8, 4) is 11.4 Å². The van der Waals surface area contributed by atoms with Crippen LogP contribution in [0.15, 0.2) is 66.4 Å². The fourth-order valence-corrected chi connectivity index (χ4v) is 2.95. The van der Waals surface area contributed by atoms with Gasteiger partial charge in [-0.2, -0.15) is 4.98 Å². The highest BCUT2D eigenvalue weighted by molar-refractivity contribution is 6.30. The molecular formula is C18H13ClN4O2. The van der Waals surface area contributed by atoms with Crippen LogP contribution in [0.3, 0.4) is 0 Å². The van der Waals surface area contributed by atoms with Gasteiger partial charge in [-0.05, 0) is 23.8 Å². The molecule has 3 aromatic rings. The first kappa shape index (κ1) is 15.4. The summed E-state index contributed by atoms with van der Waals surface area (Å²) in [6.07, 6.45) is 1.60. The lowest BCUT2D eigenvalue weighted by atomic mass is 10.0. The van der Waals surface area contributed by atoms with Crippen molar-refractivity contribution < 1.29 is 9.90 Å². The van der Waals surface area contributed by atoms with E-state index < -0.39 is 12.0 Å². The lowest BCUT2D eigenvalue weighted by molar-refractivity contribution is -0.132. The van der Waals surface area contributed by atoms with Crippen molar-refractivity contribution in [3.63, 3.8) is 0 Å². The summed E-state index contributed by atoms with van der Waals surface area (Å²) >= 11 is 6.09. The number of nitrogens with zero attached hydrogens (tertiary/aromatic N) is 3. The average molecular weight is 353 g/mol. The molecule has 0 amide bonds. The van der Waals surface area contributed by atoms with Crippen molar-refractivity contribution in [2.24, 2.45) is 0 Å². The summed E-state index contributed by atoms with van der Waals surface area (Å²) in [6, 6.07) is 16.4. The minimum absolute atomic E-state index is 0.0597. The second-order valence-corrected chi connectivity index (χ2v) is 6.02. The van der Waals surface area contributed by atoms with Crippen LogP contribution in [0.4, 0.5) is 5.95 Å². The molecule has 1 atom stereocenters. The van der Waals surface area contributed by atoms with Crippen LogP contribution < -0.4 is 5.32 Å². The van der Waals surface area contributed by atoms with Crippen molar-refractivity contribution in [1.29, 1.82) is 0 Å². The fraction of sp³-hybridized carbons (Fsp3) is 0.0556. The van der Waals surface area contributed by atoms with Gasteiger partial charge >= 0.3 is 5.97 Å². The van der Waals surface area contributed by atoms with E-state index in [0.717, 1.165) is 11.1 Å². The minimum atomic E-state index is -1.05. The topological polar surface area (TPSA) is 80.0 Å². The van der Waals surface area contributed by atoms with E-state index in [2.05, 4.69) is 15.4 Å². The summed E-state index contributed by atoms with van der Waals surface area (Å²) in [5.74, 6) is -0.151. The third-order valence-electron chi connectivity index (χ3n) is 3.92. The summed E-state index contributed by atoms with van der Waals surface area (Å²) in [6.45, 7) is 0. The Morgan fingerprint density at radius 3 is 2.68 bits per heavy atom. The van der Waals surface area contributed by atoms with E-state index in [1.54, 1.807) is 22.9 Å². The van der Waals surface area contributed by atoms with Crippen LogP contribution in [-0.2, 0) is 4.79 Å². The third kappa shape index (κ3) is 2.88. The highest BCUT2D eigenvalue weighted by Gasteiger charge is 2.27. The molecule has 25 heavy (non-hydrogen) atoms. The van der Waals surface area contributed by atoms with Gasteiger partial charge in [0.05, 0.1) is 0 Å². The second-order valence-electron chi connectivity index (χ2n) is 5.58. The number of carboxylic acid groups (broad SMARTS) is 1. The molecule has 0 radical (unpaired) electrons. The van der Waals surface area contributed by atoms with Gasteiger partial charge in [0.15, 0.2) is 5.82 Å². The molecule has 7 heteroatoms. The maximum atomic E-state index is 11.5. The first-order valence-corrected chi connectivity index (χ1v) is 7.99. The van der Waals surface area contributed by atoms with Gasteiger partial charge in [-0.25, -0.2) is 9.48 Å². The predicted molar refractivity (Wildman–Crippen MR) is 94.4 cm³/mol. The summed E-state index contributed by atoms with van der Waals surface area (Å²) in [5, 5.41) is 17.4. The van der Waals surface area contributed by atoms with Gasteiger partial charge in [0, 0.05) is 10.6 Å². The Balaban J connectivity index is 1.84. The number of rotatable bonds is 3. The molecule has 0 aliphatic carbocycles. The van der Waals surface area contributed by atoms with Crippen molar-refractivity contribution in [1.82, 2.24) is 14.8 Å². The quantitative estimate of drug-likeness (QED) is 0.753. The molecule has 2 heterocycles. The zero-order valence-corrected chi connectivity index (χ0v) is 13.7. The van der Waals surface area contributed by atoms with Gasteiger partial charge in [-0.15, -0.1) is 5.10 Å². The lowest BCUT2D eigenvalue weighted by Crippen LogP contribution is -2.24. The molecule has 0 saturated carbocycles. The second kappa shape index (κ2) is 6.07. The van der Waals surface area contributed by atoms with Gasteiger partial charge in [0.1, 0.15) is 11.7 Å². The van der Waals surface area contributed by atoms with Crippen LogP contribution in [0.2, 0.25) is 5.02 Å². The molecule has 0 saturated heterocycles. The highest BCUT2D eigenvalue weighted by Crippen LogP contribution is 2.31. The summed E-state index contributed by atoms with van der Waals surface area (Å²) in [5.41, 5.74) is 1.75. The number of carboxylic acids is 1.